The molecule has 1 atom stereocenters. The summed E-state index contributed by atoms with van der Waals surface area (Å²) in [6.07, 6.45) is 1.78. The van der Waals surface area contributed by atoms with Gasteiger partial charge in [0.2, 0.25) is 0 Å². The van der Waals surface area contributed by atoms with Gasteiger partial charge in [-0.3, -0.25) is 4.98 Å². The predicted molar refractivity (Wildman–Crippen MR) is 72.1 cm³/mol. The van der Waals surface area contributed by atoms with Gasteiger partial charge in [-0.05, 0) is 52.4 Å². The average molecular weight is 325 g/mol. The fourth-order valence-electron chi connectivity index (χ4n) is 1.52. The molecule has 0 saturated carbocycles. The van der Waals surface area contributed by atoms with Crippen LogP contribution in [0.3, 0.4) is 0 Å². The van der Waals surface area contributed by atoms with E-state index in [4.69, 9.17) is 0 Å². The Hall–Kier alpha value is -0.940. The van der Waals surface area contributed by atoms with E-state index in [1.54, 1.807) is 6.20 Å². The van der Waals surface area contributed by atoms with Crippen LogP contribution in [0.25, 0.3) is 0 Å². The molecule has 1 aromatic heterocycles. The van der Waals surface area contributed by atoms with Crippen molar-refractivity contribution in [2.45, 2.75) is 12.5 Å². The Morgan fingerprint density at radius 3 is 2.50 bits per heavy atom. The van der Waals surface area contributed by atoms with E-state index in [1.165, 1.54) is 3.57 Å². The molecule has 82 valence electrons. The van der Waals surface area contributed by atoms with Gasteiger partial charge in [0, 0.05) is 16.2 Å². The van der Waals surface area contributed by atoms with Crippen LogP contribution in [0.1, 0.15) is 17.4 Å². The second-order valence-electron chi connectivity index (χ2n) is 3.60. The number of benzene rings is 1. The van der Waals surface area contributed by atoms with Gasteiger partial charge < -0.3 is 5.11 Å². The number of halogens is 1. The fourth-order valence-corrected chi connectivity index (χ4v) is 1.88. The van der Waals surface area contributed by atoms with Crippen LogP contribution < -0.4 is 0 Å². The van der Waals surface area contributed by atoms with Gasteiger partial charge in [-0.15, -0.1) is 0 Å². The Labute approximate surface area is 108 Å². The van der Waals surface area contributed by atoms with E-state index in [0.29, 0.717) is 6.42 Å². The number of pyridine rings is 1. The summed E-state index contributed by atoms with van der Waals surface area (Å²) >= 11 is 2.27. The van der Waals surface area contributed by atoms with E-state index in [0.717, 1.165) is 11.3 Å². The van der Waals surface area contributed by atoms with Crippen molar-refractivity contribution in [3.63, 3.8) is 0 Å². The third-order valence-electron chi connectivity index (χ3n) is 2.37. The lowest BCUT2D eigenvalue weighted by Gasteiger charge is -2.09. The van der Waals surface area contributed by atoms with Crippen molar-refractivity contribution in [1.82, 2.24) is 4.98 Å². The van der Waals surface area contributed by atoms with Crippen molar-refractivity contribution in [1.29, 1.82) is 0 Å². The van der Waals surface area contributed by atoms with Crippen LogP contribution in [0.4, 0.5) is 0 Å². The molecule has 0 bridgehead atoms. The Morgan fingerprint density at radius 2 is 1.88 bits per heavy atom. The summed E-state index contributed by atoms with van der Waals surface area (Å²) in [5.74, 6) is 0. The number of aromatic nitrogens is 1. The molecule has 0 saturated heterocycles. The van der Waals surface area contributed by atoms with E-state index < -0.39 is 6.10 Å². The highest BCUT2D eigenvalue weighted by Crippen LogP contribution is 2.16. The standard InChI is InChI=1S/C13H12INO/c14-11-6-4-10(5-7-11)9-13(16)12-3-1-2-8-15-12/h1-8,13,16H,9H2. The van der Waals surface area contributed by atoms with Crippen molar-refractivity contribution in [3.05, 3.63) is 63.5 Å². The third kappa shape index (κ3) is 3.02. The molecule has 0 fully saturated rings. The maximum Gasteiger partial charge on any atom is 0.0999 e. The lowest BCUT2D eigenvalue weighted by molar-refractivity contribution is 0.173. The molecule has 3 heteroatoms. The zero-order chi connectivity index (χ0) is 11.4. The molecule has 1 heterocycles. The minimum atomic E-state index is -0.527. The number of aliphatic hydroxyl groups excluding tert-OH is 1. The quantitative estimate of drug-likeness (QED) is 0.880. The second-order valence-corrected chi connectivity index (χ2v) is 4.85. The number of hydrogen-bond acceptors (Lipinski definition) is 2. The highest BCUT2D eigenvalue weighted by atomic mass is 127. The van der Waals surface area contributed by atoms with Crippen LogP contribution in [0.2, 0.25) is 0 Å². The number of rotatable bonds is 3. The molecular weight excluding hydrogens is 313 g/mol. The SMILES string of the molecule is OC(Cc1ccc(I)cc1)c1ccccn1. The fraction of sp³-hybridized carbons (Fsp3) is 0.154. The van der Waals surface area contributed by atoms with Crippen LogP contribution >= 0.6 is 22.6 Å². The average Bonchev–Trinajstić information content (AvgIpc) is 2.33. The topological polar surface area (TPSA) is 33.1 Å². The van der Waals surface area contributed by atoms with Crippen molar-refractivity contribution >= 4 is 22.6 Å². The van der Waals surface area contributed by atoms with E-state index in [1.807, 2.05) is 42.5 Å². The first-order chi connectivity index (χ1) is 7.75. The Morgan fingerprint density at radius 1 is 1.12 bits per heavy atom. The summed E-state index contributed by atoms with van der Waals surface area (Å²) in [6.45, 7) is 0. The predicted octanol–water partition coefficient (Wildman–Crippen LogP) is 2.96. The maximum atomic E-state index is 9.98. The van der Waals surface area contributed by atoms with Gasteiger partial charge in [0.25, 0.3) is 0 Å². The molecule has 0 aliphatic carbocycles. The van der Waals surface area contributed by atoms with E-state index in [9.17, 15) is 5.11 Å². The van der Waals surface area contributed by atoms with Crippen LogP contribution in [-0.4, -0.2) is 10.1 Å². The molecule has 0 aliphatic heterocycles. The van der Waals surface area contributed by atoms with Gasteiger partial charge in [-0.2, -0.15) is 0 Å². The minimum Gasteiger partial charge on any atom is -0.386 e. The summed E-state index contributed by atoms with van der Waals surface area (Å²) in [6, 6.07) is 13.7. The lowest BCUT2D eigenvalue weighted by atomic mass is 10.1. The summed E-state index contributed by atoms with van der Waals surface area (Å²) in [4.78, 5) is 4.14. The molecule has 0 aliphatic rings. The van der Waals surface area contributed by atoms with Crippen LogP contribution in [-0.2, 0) is 6.42 Å². The van der Waals surface area contributed by atoms with Gasteiger partial charge in [0.1, 0.15) is 0 Å². The van der Waals surface area contributed by atoms with Crippen LogP contribution in [0, 0.1) is 3.57 Å². The summed E-state index contributed by atoms with van der Waals surface area (Å²) < 4.78 is 1.20. The highest BCUT2D eigenvalue weighted by Gasteiger charge is 2.08. The molecular formula is C13H12INO. The molecule has 0 amide bonds. The van der Waals surface area contributed by atoms with E-state index in [-0.39, 0.29) is 0 Å². The van der Waals surface area contributed by atoms with Crippen LogP contribution in [0.15, 0.2) is 48.7 Å². The van der Waals surface area contributed by atoms with Crippen molar-refractivity contribution in [2.75, 3.05) is 0 Å². The van der Waals surface area contributed by atoms with Gasteiger partial charge in [-0.1, -0.05) is 18.2 Å². The Bertz CT molecular complexity index is 441. The number of nitrogens with zero attached hydrogens (tertiary/aromatic N) is 1. The molecule has 16 heavy (non-hydrogen) atoms. The third-order valence-corrected chi connectivity index (χ3v) is 3.09. The monoisotopic (exact) mass is 325 g/mol. The first-order valence-corrected chi connectivity index (χ1v) is 6.17. The first-order valence-electron chi connectivity index (χ1n) is 5.09. The maximum absolute atomic E-state index is 9.98. The molecule has 0 radical (unpaired) electrons. The second kappa shape index (κ2) is 5.41. The minimum absolute atomic E-state index is 0.527. The number of hydrogen-bond donors (Lipinski definition) is 1. The molecule has 2 nitrogen and oxygen atoms in total. The largest absolute Gasteiger partial charge is 0.386 e. The van der Waals surface area contributed by atoms with Gasteiger partial charge >= 0.3 is 0 Å². The Kier molecular flexibility index (Phi) is 3.90. The van der Waals surface area contributed by atoms with Gasteiger partial charge in [0.05, 0.1) is 11.8 Å². The van der Waals surface area contributed by atoms with Gasteiger partial charge in [0.15, 0.2) is 0 Å². The smallest absolute Gasteiger partial charge is 0.0999 e. The molecule has 1 N–H and O–H groups in total. The molecule has 2 aromatic rings. The zero-order valence-electron chi connectivity index (χ0n) is 8.68. The van der Waals surface area contributed by atoms with E-state index in [2.05, 4.69) is 27.6 Å². The summed E-state index contributed by atoms with van der Waals surface area (Å²) in [5.41, 5.74) is 1.85. The molecule has 1 unspecified atom stereocenters. The first kappa shape index (κ1) is 11.5. The summed E-state index contributed by atoms with van der Waals surface area (Å²) in [5, 5.41) is 9.98. The normalized spacial score (nSPS) is 12.4. The van der Waals surface area contributed by atoms with Crippen LogP contribution in [0.5, 0.6) is 0 Å². The van der Waals surface area contributed by atoms with E-state index >= 15 is 0 Å². The van der Waals surface area contributed by atoms with Crippen molar-refractivity contribution in [2.24, 2.45) is 0 Å². The number of aliphatic hydroxyl groups is 1. The van der Waals surface area contributed by atoms with Gasteiger partial charge in [-0.25, -0.2) is 0 Å². The highest BCUT2D eigenvalue weighted by molar-refractivity contribution is 14.1. The summed E-state index contributed by atoms with van der Waals surface area (Å²) in [7, 11) is 0. The zero-order valence-corrected chi connectivity index (χ0v) is 10.8. The van der Waals surface area contributed by atoms with Crippen molar-refractivity contribution in [3.8, 4) is 0 Å². The van der Waals surface area contributed by atoms with Crippen molar-refractivity contribution < 1.29 is 5.11 Å². The Balaban J connectivity index is 2.08. The molecule has 0 spiro atoms. The molecule has 1 aromatic carbocycles. The lowest BCUT2D eigenvalue weighted by Crippen LogP contribution is -2.03. The molecule has 2 rings (SSSR count).